The fourth-order valence-corrected chi connectivity index (χ4v) is 3.54. The lowest BCUT2D eigenvalue weighted by atomic mass is 10.1. The standard InChI is InChI=1S/C24H24BrN3O4/c1-4-32-22-19(25)12-16(13-21(22)31-3)23(29)28-20-14-18(11-10-15(20)2)27-24(30)26-17-8-6-5-7-9-17/h5-14H,4H2,1-3H3,(H,28,29)(H2,26,27,30). The first-order chi connectivity index (χ1) is 15.4. The van der Waals surface area contributed by atoms with Crippen LogP contribution >= 0.6 is 15.9 Å². The van der Waals surface area contributed by atoms with Crippen LogP contribution in [0.5, 0.6) is 11.5 Å². The SMILES string of the molecule is CCOc1c(Br)cc(C(=O)Nc2cc(NC(=O)Nc3ccccc3)ccc2C)cc1OC. The number of benzene rings is 3. The number of carbonyl (C=O) groups is 2. The number of halogens is 1. The number of hydrogen-bond donors (Lipinski definition) is 3. The minimum absolute atomic E-state index is 0.318. The summed E-state index contributed by atoms with van der Waals surface area (Å²) in [5.41, 5.74) is 3.06. The van der Waals surface area contributed by atoms with Crippen LogP contribution in [0.2, 0.25) is 0 Å². The van der Waals surface area contributed by atoms with Gasteiger partial charge >= 0.3 is 6.03 Å². The third kappa shape index (κ3) is 5.79. The maximum absolute atomic E-state index is 12.9. The number of rotatable bonds is 7. The van der Waals surface area contributed by atoms with E-state index in [-0.39, 0.29) is 11.9 Å². The molecule has 0 aromatic heterocycles. The van der Waals surface area contributed by atoms with E-state index in [1.165, 1.54) is 7.11 Å². The number of para-hydroxylation sites is 1. The molecule has 3 N–H and O–H groups in total. The zero-order valence-electron chi connectivity index (χ0n) is 18.0. The molecular weight excluding hydrogens is 474 g/mol. The largest absolute Gasteiger partial charge is 0.493 e. The topological polar surface area (TPSA) is 88.7 Å². The van der Waals surface area contributed by atoms with E-state index in [0.717, 1.165) is 5.56 Å². The summed E-state index contributed by atoms with van der Waals surface area (Å²) in [6.07, 6.45) is 0. The molecule has 0 saturated carbocycles. The maximum atomic E-state index is 12.9. The molecule has 3 amide bonds. The van der Waals surface area contributed by atoms with Gasteiger partial charge in [-0.1, -0.05) is 24.3 Å². The number of anilines is 3. The van der Waals surface area contributed by atoms with Crippen LogP contribution in [-0.4, -0.2) is 25.7 Å². The van der Waals surface area contributed by atoms with E-state index < -0.39 is 0 Å². The second-order valence-electron chi connectivity index (χ2n) is 6.85. The molecule has 0 bridgehead atoms. The molecule has 166 valence electrons. The molecule has 3 aromatic rings. The van der Waals surface area contributed by atoms with Gasteiger partial charge in [0.2, 0.25) is 0 Å². The van der Waals surface area contributed by atoms with E-state index in [1.807, 2.05) is 38.1 Å². The number of nitrogens with one attached hydrogen (secondary N) is 3. The van der Waals surface area contributed by atoms with Crippen molar-refractivity contribution in [3.8, 4) is 11.5 Å². The van der Waals surface area contributed by atoms with E-state index in [2.05, 4.69) is 31.9 Å². The fourth-order valence-electron chi connectivity index (χ4n) is 2.98. The Labute approximate surface area is 195 Å². The van der Waals surface area contributed by atoms with Crippen molar-refractivity contribution in [1.29, 1.82) is 0 Å². The Kier molecular flexibility index (Phi) is 7.72. The highest BCUT2D eigenvalue weighted by Gasteiger charge is 2.16. The second kappa shape index (κ2) is 10.7. The normalized spacial score (nSPS) is 10.2. The first-order valence-electron chi connectivity index (χ1n) is 9.96. The smallest absolute Gasteiger partial charge is 0.323 e. The average molecular weight is 498 g/mol. The van der Waals surface area contributed by atoms with Crippen molar-refractivity contribution in [2.24, 2.45) is 0 Å². The highest BCUT2D eigenvalue weighted by molar-refractivity contribution is 9.10. The Bertz CT molecular complexity index is 1120. The Morgan fingerprint density at radius 3 is 2.34 bits per heavy atom. The van der Waals surface area contributed by atoms with Crippen LogP contribution in [0.3, 0.4) is 0 Å². The Morgan fingerprint density at radius 1 is 0.938 bits per heavy atom. The van der Waals surface area contributed by atoms with Crippen LogP contribution in [0.4, 0.5) is 21.9 Å². The minimum Gasteiger partial charge on any atom is -0.493 e. The summed E-state index contributed by atoms with van der Waals surface area (Å²) in [5.74, 6) is 0.676. The number of hydrogen-bond acceptors (Lipinski definition) is 4. The molecule has 3 aromatic carbocycles. The molecular formula is C24H24BrN3O4. The Balaban J connectivity index is 1.75. The van der Waals surface area contributed by atoms with Gasteiger partial charge in [0.1, 0.15) is 0 Å². The molecule has 32 heavy (non-hydrogen) atoms. The number of methoxy groups -OCH3 is 1. The molecule has 0 saturated heterocycles. The maximum Gasteiger partial charge on any atom is 0.323 e. The highest BCUT2D eigenvalue weighted by Crippen LogP contribution is 2.37. The van der Waals surface area contributed by atoms with Crippen molar-refractivity contribution in [1.82, 2.24) is 0 Å². The fraction of sp³-hybridized carbons (Fsp3) is 0.167. The lowest BCUT2D eigenvalue weighted by Crippen LogP contribution is -2.19. The predicted octanol–water partition coefficient (Wildman–Crippen LogP) is 6.06. The third-order valence-electron chi connectivity index (χ3n) is 4.56. The lowest BCUT2D eigenvalue weighted by Gasteiger charge is -2.15. The number of ether oxygens (including phenoxy) is 2. The van der Waals surface area contributed by atoms with Gasteiger partial charge in [0.25, 0.3) is 5.91 Å². The van der Waals surface area contributed by atoms with E-state index in [9.17, 15) is 9.59 Å². The van der Waals surface area contributed by atoms with Crippen molar-refractivity contribution < 1.29 is 19.1 Å². The molecule has 0 atom stereocenters. The summed E-state index contributed by atoms with van der Waals surface area (Å²) in [5, 5.41) is 8.42. The van der Waals surface area contributed by atoms with E-state index in [4.69, 9.17) is 9.47 Å². The molecule has 8 heteroatoms. The second-order valence-corrected chi connectivity index (χ2v) is 7.71. The minimum atomic E-state index is -0.377. The predicted molar refractivity (Wildman–Crippen MR) is 130 cm³/mol. The van der Waals surface area contributed by atoms with Crippen LogP contribution in [0.25, 0.3) is 0 Å². The monoisotopic (exact) mass is 497 g/mol. The van der Waals surface area contributed by atoms with Crippen molar-refractivity contribution >= 4 is 44.9 Å². The van der Waals surface area contributed by atoms with Crippen LogP contribution < -0.4 is 25.4 Å². The molecule has 0 aliphatic rings. The average Bonchev–Trinajstić information content (AvgIpc) is 2.77. The molecule has 0 radical (unpaired) electrons. The summed E-state index contributed by atoms with van der Waals surface area (Å²) >= 11 is 3.43. The van der Waals surface area contributed by atoms with Gasteiger partial charge in [-0.2, -0.15) is 0 Å². The van der Waals surface area contributed by atoms with Gasteiger partial charge < -0.3 is 25.4 Å². The summed E-state index contributed by atoms with van der Waals surface area (Å²) in [6.45, 7) is 4.21. The number of urea groups is 1. The van der Waals surface area contributed by atoms with Gasteiger partial charge in [0.15, 0.2) is 11.5 Å². The molecule has 0 spiro atoms. The lowest BCUT2D eigenvalue weighted by molar-refractivity contribution is 0.102. The first-order valence-corrected chi connectivity index (χ1v) is 10.8. The summed E-state index contributed by atoms with van der Waals surface area (Å²) in [6, 6.07) is 17.4. The quantitative estimate of drug-likeness (QED) is 0.370. The Hall–Kier alpha value is -3.52. The van der Waals surface area contributed by atoms with E-state index in [1.54, 1.807) is 36.4 Å². The van der Waals surface area contributed by atoms with Gasteiger partial charge in [0.05, 0.1) is 18.2 Å². The van der Waals surface area contributed by atoms with Gasteiger partial charge in [0, 0.05) is 22.6 Å². The summed E-state index contributed by atoms with van der Waals surface area (Å²) in [4.78, 5) is 25.2. The number of carbonyl (C=O) groups excluding carboxylic acids is 2. The van der Waals surface area contributed by atoms with Crippen molar-refractivity contribution in [2.75, 3.05) is 29.7 Å². The molecule has 3 rings (SSSR count). The van der Waals surface area contributed by atoms with Crippen molar-refractivity contribution in [3.05, 3.63) is 76.3 Å². The van der Waals surface area contributed by atoms with Crippen molar-refractivity contribution in [2.45, 2.75) is 13.8 Å². The summed E-state index contributed by atoms with van der Waals surface area (Å²) in [7, 11) is 1.52. The molecule has 0 aliphatic carbocycles. The van der Waals surface area contributed by atoms with E-state index >= 15 is 0 Å². The van der Waals surface area contributed by atoms with Crippen LogP contribution in [-0.2, 0) is 0 Å². The highest BCUT2D eigenvalue weighted by atomic mass is 79.9. The number of aryl methyl sites for hydroxylation is 1. The van der Waals surface area contributed by atoms with Crippen molar-refractivity contribution in [3.63, 3.8) is 0 Å². The zero-order chi connectivity index (χ0) is 23.1. The van der Waals surface area contributed by atoms with Gasteiger partial charge in [-0.25, -0.2) is 4.79 Å². The summed E-state index contributed by atoms with van der Waals surface area (Å²) < 4.78 is 11.6. The van der Waals surface area contributed by atoms with Crippen LogP contribution in [0, 0.1) is 6.92 Å². The molecule has 0 fully saturated rings. The molecule has 0 unspecified atom stereocenters. The third-order valence-corrected chi connectivity index (χ3v) is 5.14. The van der Waals surface area contributed by atoms with Crippen LogP contribution in [0.15, 0.2) is 65.1 Å². The molecule has 0 aliphatic heterocycles. The molecule has 7 nitrogen and oxygen atoms in total. The van der Waals surface area contributed by atoms with Gasteiger partial charge in [-0.05, 0) is 71.7 Å². The van der Waals surface area contributed by atoms with Gasteiger partial charge in [-0.3, -0.25) is 4.79 Å². The van der Waals surface area contributed by atoms with E-state index in [0.29, 0.717) is 45.2 Å². The first kappa shape index (κ1) is 23.1. The Morgan fingerprint density at radius 2 is 1.66 bits per heavy atom. The van der Waals surface area contributed by atoms with Crippen LogP contribution in [0.1, 0.15) is 22.8 Å². The zero-order valence-corrected chi connectivity index (χ0v) is 19.6. The number of amides is 3. The van der Waals surface area contributed by atoms with Gasteiger partial charge in [-0.15, -0.1) is 0 Å². The molecule has 0 heterocycles.